The molecule has 1 aliphatic rings. The molecule has 2 heterocycles. The fraction of sp³-hybridized carbons (Fsp3) is 0.263. The van der Waals surface area contributed by atoms with Crippen LogP contribution in [0.5, 0.6) is 0 Å². The Morgan fingerprint density at radius 3 is 2.43 bits per heavy atom. The monoisotopic (exact) mass is 307 g/mol. The second-order valence-electron chi connectivity index (χ2n) is 5.62. The quantitative estimate of drug-likeness (QED) is 0.871. The average molecular weight is 307 g/mol. The van der Waals surface area contributed by atoms with Crippen LogP contribution in [0, 0.1) is 0 Å². The molecule has 1 aromatic carbocycles. The summed E-state index contributed by atoms with van der Waals surface area (Å²) in [6, 6.07) is 15.8. The fourth-order valence-corrected chi connectivity index (χ4v) is 2.69. The molecule has 4 heteroatoms. The van der Waals surface area contributed by atoms with Crippen LogP contribution in [0.4, 0.5) is 0 Å². The van der Waals surface area contributed by atoms with Gasteiger partial charge >= 0.3 is 0 Å². The highest BCUT2D eigenvalue weighted by atomic mass is 16.2. The SMILES string of the molecule is O=C(c1ccccn1)N1CCN(C/C=C/c2ccccc2)CC1. The van der Waals surface area contributed by atoms with Crippen molar-refractivity contribution in [2.45, 2.75) is 0 Å². The van der Waals surface area contributed by atoms with E-state index in [2.05, 4.69) is 34.2 Å². The number of hydrogen-bond acceptors (Lipinski definition) is 3. The predicted octanol–water partition coefficient (Wildman–Crippen LogP) is 2.55. The van der Waals surface area contributed by atoms with Crippen molar-refractivity contribution in [3.05, 3.63) is 72.1 Å². The average Bonchev–Trinajstić information content (AvgIpc) is 2.63. The van der Waals surface area contributed by atoms with Crippen molar-refractivity contribution in [2.24, 2.45) is 0 Å². The zero-order valence-corrected chi connectivity index (χ0v) is 13.1. The van der Waals surface area contributed by atoms with Crippen LogP contribution in [0.25, 0.3) is 6.08 Å². The molecule has 0 N–H and O–H groups in total. The molecule has 0 unspecified atom stereocenters. The normalized spacial score (nSPS) is 15.9. The van der Waals surface area contributed by atoms with Gasteiger partial charge in [0, 0.05) is 38.9 Å². The zero-order valence-electron chi connectivity index (χ0n) is 13.1. The Morgan fingerprint density at radius 1 is 1.00 bits per heavy atom. The molecular formula is C19H21N3O. The maximum Gasteiger partial charge on any atom is 0.272 e. The number of benzene rings is 1. The standard InChI is InChI=1S/C19H21N3O/c23-19(18-10-4-5-11-20-18)22-15-13-21(14-16-22)12-6-9-17-7-2-1-3-8-17/h1-11H,12-16H2/b9-6+. The molecular weight excluding hydrogens is 286 g/mol. The number of rotatable bonds is 4. The molecule has 0 bridgehead atoms. The van der Waals surface area contributed by atoms with Crippen LogP contribution in [-0.2, 0) is 0 Å². The highest BCUT2D eigenvalue weighted by molar-refractivity contribution is 5.92. The Balaban J connectivity index is 1.47. The smallest absolute Gasteiger partial charge is 0.272 e. The molecule has 0 radical (unpaired) electrons. The summed E-state index contributed by atoms with van der Waals surface area (Å²) in [6.07, 6.45) is 5.99. The molecule has 3 rings (SSSR count). The number of hydrogen-bond donors (Lipinski definition) is 0. The summed E-state index contributed by atoms with van der Waals surface area (Å²) in [7, 11) is 0. The van der Waals surface area contributed by atoms with Gasteiger partial charge in [0.1, 0.15) is 5.69 Å². The Bertz CT molecular complexity index is 647. The van der Waals surface area contributed by atoms with E-state index in [-0.39, 0.29) is 5.91 Å². The van der Waals surface area contributed by atoms with Crippen molar-refractivity contribution in [3.63, 3.8) is 0 Å². The Hall–Kier alpha value is -2.46. The van der Waals surface area contributed by atoms with Crippen molar-refractivity contribution in [3.8, 4) is 0 Å². The van der Waals surface area contributed by atoms with Crippen LogP contribution in [0.1, 0.15) is 16.1 Å². The molecule has 118 valence electrons. The third-order valence-electron chi connectivity index (χ3n) is 4.02. The lowest BCUT2D eigenvalue weighted by molar-refractivity contribution is 0.0644. The minimum absolute atomic E-state index is 0.0325. The lowest BCUT2D eigenvalue weighted by atomic mass is 10.2. The zero-order chi connectivity index (χ0) is 15.9. The Morgan fingerprint density at radius 2 is 1.74 bits per heavy atom. The van der Waals surface area contributed by atoms with Gasteiger partial charge in [0.25, 0.3) is 5.91 Å². The van der Waals surface area contributed by atoms with E-state index in [0.717, 1.165) is 32.7 Å². The molecule has 0 spiro atoms. The first-order valence-electron chi connectivity index (χ1n) is 7.97. The first-order valence-corrected chi connectivity index (χ1v) is 7.97. The van der Waals surface area contributed by atoms with E-state index in [4.69, 9.17) is 0 Å². The van der Waals surface area contributed by atoms with Crippen LogP contribution in [0.3, 0.4) is 0 Å². The van der Waals surface area contributed by atoms with Gasteiger partial charge in [-0.15, -0.1) is 0 Å². The van der Waals surface area contributed by atoms with E-state index in [1.807, 2.05) is 35.2 Å². The lowest BCUT2D eigenvalue weighted by Gasteiger charge is -2.34. The minimum Gasteiger partial charge on any atom is -0.335 e. The summed E-state index contributed by atoms with van der Waals surface area (Å²) in [4.78, 5) is 20.7. The Kier molecular flexibility index (Phi) is 5.17. The van der Waals surface area contributed by atoms with Gasteiger partial charge in [-0.3, -0.25) is 14.7 Å². The van der Waals surface area contributed by atoms with Crippen molar-refractivity contribution in [1.82, 2.24) is 14.8 Å². The van der Waals surface area contributed by atoms with Crippen LogP contribution >= 0.6 is 0 Å². The minimum atomic E-state index is 0.0325. The number of carbonyl (C=O) groups excluding carboxylic acids is 1. The third kappa shape index (κ3) is 4.27. The van der Waals surface area contributed by atoms with Gasteiger partial charge < -0.3 is 4.90 Å². The van der Waals surface area contributed by atoms with Gasteiger partial charge in [-0.05, 0) is 17.7 Å². The molecule has 0 saturated carbocycles. The van der Waals surface area contributed by atoms with Gasteiger partial charge in [0.05, 0.1) is 0 Å². The maximum absolute atomic E-state index is 12.3. The third-order valence-corrected chi connectivity index (χ3v) is 4.02. The van der Waals surface area contributed by atoms with Crippen LogP contribution in [-0.4, -0.2) is 53.4 Å². The largest absolute Gasteiger partial charge is 0.335 e. The van der Waals surface area contributed by atoms with Crippen LogP contribution in [0.2, 0.25) is 0 Å². The highest BCUT2D eigenvalue weighted by Crippen LogP contribution is 2.07. The topological polar surface area (TPSA) is 36.4 Å². The predicted molar refractivity (Wildman–Crippen MR) is 92.1 cm³/mol. The fourth-order valence-electron chi connectivity index (χ4n) is 2.69. The van der Waals surface area contributed by atoms with E-state index < -0.39 is 0 Å². The summed E-state index contributed by atoms with van der Waals surface area (Å²) in [5, 5.41) is 0. The van der Waals surface area contributed by atoms with Gasteiger partial charge in [0.2, 0.25) is 0 Å². The summed E-state index contributed by atoms with van der Waals surface area (Å²) >= 11 is 0. The van der Waals surface area contributed by atoms with E-state index in [1.54, 1.807) is 12.3 Å². The van der Waals surface area contributed by atoms with Gasteiger partial charge in [0.15, 0.2) is 0 Å². The summed E-state index contributed by atoms with van der Waals surface area (Å²) in [6.45, 7) is 4.24. The first-order chi connectivity index (χ1) is 11.3. The Labute approximate surface area is 137 Å². The molecule has 1 amide bonds. The van der Waals surface area contributed by atoms with Crippen molar-refractivity contribution < 1.29 is 4.79 Å². The van der Waals surface area contributed by atoms with E-state index in [0.29, 0.717) is 5.69 Å². The molecule has 0 aliphatic carbocycles. The van der Waals surface area contributed by atoms with Crippen molar-refractivity contribution >= 4 is 12.0 Å². The van der Waals surface area contributed by atoms with Gasteiger partial charge in [-0.1, -0.05) is 48.6 Å². The van der Waals surface area contributed by atoms with Gasteiger partial charge in [-0.2, -0.15) is 0 Å². The van der Waals surface area contributed by atoms with Crippen molar-refractivity contribution in [1.29, 1.82) is 0 Å². The number of pyridine rings is 1. The van der Waals surface area contributed by atoms with E-state index in [1.165, 1.54) is 5.56 Å². The van der Waals surface area contributed by atoms with E-state index >= 15 is 0 Å². The number of carbonyl (C=O) groups is 1. The number of aromatic nitrogens is 1. The number of piperazine rings is 1. The summed E-state index contributed by atoms with van der Waals surface area (Å²) in [5.74, 6) is 0.0325. The number of amides is 1. The second-order valence-corrected chi connectivity index (χ2v) is 5.62. The first kappa shape index (κ1) is 15.4. The van der Waals surface area contributed by atoms with Gasteiger partial charge in [-0.25, -0.2) is 0 Å². The molecule has 1 aromatic heterocycles. The molecule has 0 atom stereocenters. The molecule has 1 aliphatic heterocycles. The lowest BCUT2D eigenvalue weighted by Crippen LogP contribution is -2.48. The molecule has 23 heavy (non-hydrogen) atoms. The van der Waals surface area contributed by atoms with Crippen LogP contribution in [0.15, 0.2) is 60.8 Å². The van der Waals surface area contributed by atoms with Crippen LogP contribution < -0.4 is 0 Å². The molecule has 1 fully saturated rings. The van der Waals surface area contributed by atoms with Crippen molar-refractivity contribution in [2.75, 3.05) is 32.7 Å². The maximum atomic E-state index is 12.3. The molecule has 4 nitrogen and oxygen atoms in total. The number of nitrogens with zero attached hydrogens (tertiary/aromatic N) is 3. The molecule has 1 saturated heterocycles. The molecule has 2 aromatic rings. The summed E-state index contributed by atoms with van der Waals surface area (Å²) in [5.41, 5.74) is 1.75. The highest BCUT2D eigenvalue weighted by Gasteiger charge is 2.21. The van der Waals surface area contributed by atoms with E-state index in [9.17, 15) is 4.79 Å². The second kappa shape index (κ2) is 7.70. The summed E-state index contributed by atoms with van der Waals surface area (Å²) < 4.78 is 0.